The number of carbonyl (C=O) groups excluding carboxylic acids is 1. The van der Waals surface area contributed by atoms with Crippen molar-refractivity contribution in [3.05, 3.63) is 12.2 Å². The average molecular weight is 269 g/mol. The van der Waals surface area contributed by atoms with Crippen LogP contribution in [-0.2, 0) is 18.4 Å². The van der Waals surface area contributed by atoms with Gasteiger partial charge in [-0.05, 0) is 12.8 Å². The fourth-order valence-electron chi connectivity index (χ4n) is 1.47. The predicted octanol–water partition coefficient (Wildman–Crippen LogP) is 0.259. The normalized spacial score (nSPS) is 10.2. The molecule has 0 aliphatic heterocycles. The number of aromatic nitrogens is 3. The first-order valence-electron chi connectivity index (χ1n) is 6.16. The zero-order chi connectivity index (χ0) is 14.1. The smallest absolute Gasteiger partial charge is 0.315 e. The summed E-state index contributed by atoms with van der Waals surface area (Å²) in [4.78, 5) is 21.7. The lowest BCUT2D eigenvalue weighted by molar-refractivity contribution is -0.137. The van der Waals surface area contributed by atoms with Crippen LogP contribution in [0.2, 0.25) is 0 Å². The van der Waals surface area contributed by atoms with Crippen molar-refractivity contribution in [3.63, 3.8) is 0 Å². The highest BCUT2D eigenvalue weighted by Gasteiger charge is 2.03. The summed E-state index contributed by atoms with van der Waals surface area (Å²) in [5.74, 6) is -0.106. The van der Waals surface area contributed by atoms with E-state index < -0.39 is 5.97 Å². The van der Waals surface area contributed by atoms with E-state index in [1.165, 1.54) is 0 Å². The number of hydrogen-bond donors (Lipinski definition) is 3. The molecule has 1 rings (SSSR count). The summed E-state index contributed by atoms with van der Waals surface area (Å²) in [6, 6.07) is -0.263. The molecule has 8 heteroatoms. The Kier molecular flexibility index (Phi) is 6.34. The average Bonchev–Trinajstić information content (AvgIpc) is 2.76. The van der Waals surface area contributed by atoms with Gasteiger partial charge in [-0.3, -0.25) is 4.79 Å². The number of carboxylic acid groups (broad SMARTS) is 1. The van der Waals surface area contributed by atoms with Crippen LogP contribution in [0.25, 0.3) is 0 Å². The van der Waals surface area contributed by atoms with Gasteiger partial charge in [0.2, 0.25) is 0 Å². The van der Waals surface area contributed by atoms with E-state index in [-0.39, 0.29) is 12.5 Å². The van der Waals surface area contributed by atoms with Gasteiger partial charge in [0.05, 0.1) is 6.54 Å². The molecule has 106 valence electrons. The molecule has 0 atom stereocenters. The Morgan fingerprint density at radius 1 is 1.32 bits per heavy atom. The van der Waals surface area contributed by atoms with Crippen molar-refractivity contribution < 1.29 is 14.7 Å². The molecule has 0 aromatic carbocycles. The Bertz CT molecular complexity index is 418. The highest BCUT2D eigenvalue weighted by Crippen LogP contribution is 1.98. The highest BCUT2D eigenvalue weighted by atomic mass is 16.4. The number of aliphatic carboxylic acids is 1. The molecule has 0 fully saturated rings. The van der Waals surface area contributed by atoms with Crippen molar-refractivity contribution in [2.75, 3.05) is 6.54 Å². The monoisotopic (exact) mass is 269 g/mol. The molecular weight excluding hydrogens is 250 g/mol. The van der Waals surface area contributed by atoms with Gasteiger partial charge in [0.1, 0.15) is 6.33 Å². The molecule has 0 saturated carbocycles. The molecule has 8 nitrogen and oxygen atoms in total. The van der Waals surface area contributed by atoms with E-state index in [9.17, 15) is 9.59 Å². The van der Waals surface area contributed by atoms with Crippen LogP contribution < -0.4 is 10.6 Å². The maximum Gasteiger partial charge on any atom is 0.315 e. The van der Waals surface area contributed by atoms with E-state index in [1.54, 1.807) is 17.9 Å². The second-order valence-electron chi connectivity index (χ2n) is 4.17. The zero-order valence-corrected chi connectivity index (χ0v) is 10.9. The minimum absolute atomic E-state index is 0.179. The molecule has 0 spiro atoms. The summed E-state index contributed by atoms with van der Waals surface area (Å²) in [7, 11) is 1.80. The fraction of sp³-hybridized carbons (Fsp3) is 0.636. The maximum absolute atomic E-state index is 11.4. The fourth-order valence-corrected chi connectivity index (χ4v) is 1.47. The Balaban J connectivity index is 2.02. The van der Waals surface area contributed by atoms with Crippen LogP contribution in [0, 0.1) is 0 Å². The number of unbranched alkanes of at least 4 members (excludes halogenated alkanes) is 2. The van der Waals surface area contributed by atoms with Crippen molar-refractivity contribution in [2.45, 2.75) is 32.2 Å². The Morgan fingerprint density at radius 3 is 2.74 bits per heavy atom. The Hall–Kier alpha value is -2.12. The van der Waals surface area contributed by atoms with Gasteiger partial charge in [-0.25, -0.2) is 4.79 Å². The molecule has 0 aliphatic rings. The number of urea groups is 1. The summed E-state index contributed by atoms with van der Waals surface area (Å²) in [6.45, 7) is 0.853. The van der Waals surface area contributed by atoms with Crippen LogP contribution in [-0.4, -0.2) is 38.4 Å². The lowest BCUT2D eigenvalue weighted by atomic mass is 10.2. The molecule has 1 heterocycles. The first kappa shape index (κ1) is 14.9. The number of carboxylic acids is 1. The molecule has 3 N–H and O–H groups in total. The molecule has 1 aromatic heterocycles. The van der Waals surface area contributed by atoms with Gasteiger partial charge in [-0.15, -0.1) is 10.2 Å². The number of carbonyl (C=O) groups is 2. The largest absolute Gasteiger partial charge is 0.481 e. The molecule has 19 heavy (non-hydrogen) atoms. The number of amides is 2. The first-order chi connectivity index (χ1) is 9.09. The quantitative estimate of drug-likeness (QED) is 0.586. The maximum atomic E-state index is 11.4. The van der Waals surface area contributed by atoms with E-state index in [2.05, 4.69) is 20.8 Å². The number of aryl methyl sites for hydroxylation is 1. The van der Waals surface area contributed by atoms with Gasteiger partial charge in [0.25, 0.3) is 0 Å². The van der Waals surface area contributed by atoms with Crippen LogP contribution >= 0.6 is 0 Å². The second-order valence-corrected chi connectivity index (χ2v) is 4.17. The van der Waals surface area contributed by atoms with Gasteiger partial charge in [0.15, 0.2) is 5.82 Å². The SMILES string of the molecule is Cn1cnnc1CNC(=O)NCCCCCC(=O)O. The summed E-state index contributed by atoms with van der Waals surface area (Å²) in [6.07, 6.45) is 3.94. The predicted molar refractivity (Wildman–Crippen MR) is 67.3 cm³/mol. The molecule has 0 saturated heterocycles. The third kappa shape index (κ3) is 6.39. The van der Waals surface area contributed by atoms with Crippen LogP contribution in [0.3, 0.4) is 0 Å². The number of nitrogens with zero attached hydrogens (tertiary/aromatic N) is 3. The van der Waals surface area contributed by atoms with E-state index in [4.69, 9.17) is 5.11 Å². The Morgan fingerprint density at radius 2 is 2.11 bits per heavy atom. The summed E-state index contributed by atoms with van der Waals surface area (Å²) in [5, 5.41) is 21.4. The highest BCUT2D eigenvalue weighted by molar-refractivity contribution is 5.73. The second kappa shape index (κ2) is 8.06. The molecule has 2 amide bonds. The lowest BCUT2D eigenvalue weighted by Gasteiger charge is -2.06. The molecule has 0 aliphatic carbocycles. The lowest BCUT2D eigenvalue weighted by Crippen LogP contribution is -2.36. The van der Waals surface area contributed by atoms with E-state index in [0.717, 1.165) is 12.8 Å². The molecular formula is C11H19N5O3. The molecule has 0 bridgehead atoms. The van der Waals surface area contributed by atoms with Gasteiger partial charge in [-0.1, -0.05) is 6.42 Å². The van der Waals surface area contributed by atoms with Crippen molar-refractivity contribution in [2.24, 2.45) is 7.05 Å². The van der Waals surface area contributed by atoms with E-state index in [1.807, 2.05) is 0 Å². The number of hydrogen-bond acceptors (Lipinski definition) is 4. The van der Waals surface area contributed by atoms with Crippen LogP contribution in [0.15, 0.2) is 6.33 Å². The van der Waals surface area contributed by atoms with Crippen molar-refractivity contribution in [3.8, 4) is 0 Å². The number of nitrogens with one attached hydrogen (secondary N) is 2. The molecule has 1 aromatic rings. The first-order valence-corrected chi connectivity index (χ1v) is 6.16. The minimum atomic E-state index is -0.783. The van der Waals surface area contributed by atoms with Gasteiger partial charge in [0, 0.05) is 20.0 Å². The van der Waals surface area contributed by atoms with Crippen molar-refractivity contribution in [1.29, 1.82) is 0 Å². The topological polar surface area (TPSA) is 109 Å². The van der Waals surface area contributed by atoms with Crippen LogP contribution in [0.4, 0.5) is 4.79 Å². The van der Waals surface area contributed by atoms with Gasteiger partial charge >= 0.3 is 12.0 Å². The zero-order valence-electron chi connectivity index (χ0n) is 10.9. The van der Waals surface area contributed by atoms with Gasteiger partial charge in [-0.2, -0.15) is 0 Å². The van der Waals surface area contributed by atoms with E-state index in [0.29, 0.717) is 25.3 Å². The summed E-state index contributed by atoms with van der Waals surface area (Å²) < 4.78 is 1.73. The third-order valence-corrected chi connectivity index (χ3v) is 2.57. The van der Waals surface area contributed by atoms with Crippen LogP contribution in [0.1, 0.15) is 31.5 Å². The van der Waals surface area contributed by atoms with Crippen molar-refractivity contribution >= 4 is 12.0 Å². The third-order valence-electron chi connectivity index (χ3n) is 2.57. The summed E-state index contributed by atoms with van der Waals surface area (Å²) >= 11 is 0. The summed E-state index contributed by atoms with van der Waals surface area (Å²) in [5.41, 5.74) is 0. The molecule has 0 unspecified atom stereocenters. The van der Waals surface area contributed by atoms with E-state index >= 15 is 0 Å². The standard InChI is InChI=1S/C11H19N5O3/c1-16-8-14-15-9(16)7-13-11(19)12-6-4-2-3-5-10(17)18/h8H,2-7H2,1H3,(H,17,18)(H2,12,13,19). The van der Waals surface area contributed by atoms with Crippen LogP contribution in [0.5, 0.6) is 0 Å². The number of rotatable bonds is 8. The van der Waals surface area contributed by atoms with Crippen molar-refractivity contribution in [1.82, 2.24) is 25.4 Å². The minimum Gasteiger partial charge on any atom is -0.481 e. The van der Waals surface area contributed by atoms with Gasteiger partial charge < -0.3 is 20.3 Å². The Labute approximate surface area is 111 Å². The molecule has 0 radical (unpaired) electrons.